The highest BCUT2D eigenvalue weighted by Crippen LogP contribution is 2.15. The number of esters is 1. The lowest BCUT2D eigenvalue weighted by atomic mass is 10.2. The molecule has 5 nitrogen and oxygen atoms in total. The summed E-state index contributed by atoms with van der Waals surface area (Å²) in [6, 6.07) is -0.319. The Morgan fingerprint density at radius 2 is 2.36 bits per heavy atom. The van der Waals surface area contributed by atoms with Crippen molar-refractivity contribution in [2.45, 2.75) is 18.6 Å². The summed E-state index contributed by atoms with van der Waals surface area (Å²) in [5.41, 5.74) is 5.53. The van der Waals surface area contributed by atoms with E-state index >= 15 is 0 Å². The van der Waals surface area contributed by atoms with Crippen molar-refractivity contribution in [1.29, 1.82) is 0 Å². The molecule has 82 valence electrons. The standard InChI is InChI=1S/C9H18N2O3/c1-13-7-3-4-11(6-7)8(5-10)9(12)14-2/h7-8H,3-6,10H2,1-2H3. The maximum Gasteiger partial charge on any atom is 0.324 e. The van der Waals surface area contributed by atoms with Gasteiger partial charge in [-0.1, -0.05) is 0 Å². The first kappa shape index (κ1) is 11.4. The predicted molar refractivity (Wildman–Crippen MR) is 51.8 cm³/mol. The lowest BCUT2D eigenvalue weighted by molar-refractivity contribution is -0.146. The zero-order chi connectivity index (χ0) is 10.6. The molecule has 1 aliphatic rings. The van der Waals surface area contributed by atoms with Crippen molar-refractivity contribution in [2.75, 3.05) is 33.9 Å². The molecule has 2 unspecified atom stereocenters. The summed E-state index contributed by atoms with van der Waals surface area (Å²) in [6.45, 7) is 1.89. The smallest absolute Gasteiger partial charge is 0.324 e. The molecular weight excluding hydrogens is 184 g/mol. The highest BCUT2D eigenvalue weighted by atomic mass is 16.5. The van der Waals surface area contributed by atoms with E-state index in [1.807, 2.05) is 4.90 Å². The molecule has 0 amide bonds. The average molecular weight is 202 g/mol. The first-order valence-corrected chi connectivity index (χ1v) is 4.77. The van der Waals surface area contributed by atoms with Gasteiger partial charge in [0.2, 0.25) is 0 Å². The van der Waals surface area contributed by atoms with Gasteiger partial charge in [-0.3, -0.25) is 9.69 Å². The average Bonchev–Trinajstić information content (AvgIpc) is 2.67. The molecule has 0 saturated carbocycles. The van der Waals surface area contributed by atoms with E-state index in [1.165, 1.54) is 7.11 Å². The van der Waals surface area contributed by atoms with Crippen LogP contribution in [0.5, 0.6) is 0 Å². The van der Waals surface area contributed by atoms with Crippen molar-refractivity contribution in [3.05, 3.63) is 0 Å². The molecule has 0 spiro atoms. The minimum atomic E-state index is -0.319. The maximum atomic E-state index is 11.3. The highest BCUT2D eigenvalue weighted by molar-refractivity contribution is 5.76. The molecule has 5 heteroatoms. The Balaban J connectivity index is 2.50. The summed E-state index contributed by atoms with van der Waals surface area (Å²) in [5.74, 6) is -0.260. The zero-order valence-corrected chi connectivity index (χ0v) is 8.73. The molecule has 0 aliphatic carbocycles. The molecular formula is C9H18N2O3. The molecule has 1 rings (SSSR count). The van der Waals surface area contributed by atoms with Gasteiger partial charge >= 0.3 is 5.97 Å². The van der Waals surface area contributed by atoms with Crippen molar-refractivity contribution in [3.63, 3.8) is 0 Å². The second-order valence-corrected chi connectivity index (χ2v) is 3.42. The second kappa shape index (κ2) is 5.29. The SMILES string of the molecule is COC(=O)C(CN)N1CCC(OC)C1. The van der Waals surface area contributed by atoms with Crippen LogP contribution in [0, 0.1) is 0 Å². The van der Waals surface area contributed by atoms with Gasteiger partial charge in [-0.05, 0) is 6.42 Å². The fraction of sp³-hybridized carbons (Fsp3) is 0.889. The Hall–Kier alpha value is -0.650. The zero-order valence-electron chi connectivity index (χ0n) is 8.73. The van der Waals surface area contributed by atoms with Gasteiger partial charge in [0.25, 0.3) is 0 Å². The molecule has 1 heterocycles. The third-order valence-electron chi connectivity index (χ3n) is 2.65. The lowest BCUT2D eigenvalue weighted by Crippen LogP contribution is -2.45. The van der Waals surface area contributed by atoms with Crippen LogP contribution in [0.4, 0.5) is 0 Å². The normalized spacial score (nSPS) is 24.9. The van der Waals surface area contributed by atoms with Gasteiger partial charge in [0.15, 0.2) is 0 Å². The number of ether oxygens (including phenoxy) is 2. The number of rotatable bonds is 4. The molecule has 1 saturated heterocycles. The second-order valence-electron chi connectivity index (χ2n) is 3.42. The summed E-state index contributed by atoms with van der Waals surface area (Å²) >= 11 is 0. The van der Waals surface area contributed by atoms with E-state index in [1.54, 1.807) is 7.11 Å². The molecule has 0 aromatic rings. The number of hydrogen-bond acceptors (Lipinski definition) is 5. The van der Waals surface area contributed by atoms with E-state index in [4.69, 9.17) is 10.5 Å². The van der Waals surface area contributed by atoms with E-state index in [2.05, 4.69) is 4.74 Å². The van der Waals surface area contributed by atoms with Gasteiger partial charge in [0.1, 0.15) is 6.04 Å². The van der Waals surface area contributed by atoms with Crippen molar-refractivity contribution >= 4 is 5.97 Å². The van der Waals surface area contributed by atoms with E-state index in [9.17, 15) is 4.79 Å². The number of nitrogens with two attached hydrogens (primary N) is 1. The van der Waals surface area contributed by atoms with Gasteiger partial charge < -0.3 is 15.2 Å². The Morgan fingerprint density at radius 1 is 1.64 bits per heavy atom. The molecule has 2 N–H and O–H groups in total. The van der Waals surface area contributed by atoms with E-state index in [-0.39, 0.29) is 18.1 Å². The minimum Gasteiger partial charge on any atom is -0.468 e. The van der Waals surface area contributed by atoms with Gasteiger partial charge in [0, 0.05) is 26.7 Å². The fourth-order valence-corrected chi connectivity index (χ4v) is 1.76. The van der Waals surface area contributed by atoms with Gasteiger partial charge in [-0.15, -0.1) is 0 Å². The number of hydrogen-bond donors (Lipinski definition) is 1. The minimum absolute atomic E-state index is 0.216. The topological polar surface area (TPSA) is 64.8 Å². The van der Waals surface area contributed by atoms with Crippen LogP contribution in [0.15, 0.2) is 0 Å². The summed E-state index contributed by atoms with van der Waals surface area (Å²) < 4.78 is 9.90. The Bertz CT molecular complexity index is 198. The molecule has 14 heavy (non-hydrogen) atoms. The van der Waals surface area contributed by atoms with Crippen LogP contribution < -0.4 is 5.73 Å². The molecule has 1 aliphatic heterocycles. The van der Waals surface area contributed by atoms with Crippen LogP contribution in [-0.2, 0) is 14.3 Å². The third kappa shape index (κ3) is 2.43. The molecule has 0 aromatic carbocycles. The van der Waals surface area contributed by atoms with Crippen LogP contribution in [0.2, 0.25) is 0 Å². The van der Waals surface area contributed by atoms with Crippen LogP contribution in [0.3, 0.4) is 0 Å². The quantitative estimate of drug-likeness (QED) is 0.605. The Kier molecular flexibility index (Phi) is 4.31. The monoisotopic (exact) mass is 202 g/mol. The fourth-order valence-electron chi connectivity index (χ4n) is 1.76. The number of methoxy groups -OCH3 is 2. The summed E-state index contributed by atoms with van der Waals surface area (Å²) in [5, 5.41) is 0. The van der Waals surface area contributed by atoms with Crippen molar-refractivity contribution < 1.29 is 14.3 Å². The number of carbonyl (C=O) groups is 1. The lowest BCUT2D eigenvalue weighted by Gasteiger charge is -2.23. The number of carbonyl (C=O) groups excluding carboxylic acids is 1. The summed E-state index contributed by atoms with van der Waals surface area (Å²) in [6.07, 6.45) is 1.16. The molecule has 0 radical (unpaired) electrons. The van der Waals surface area contributed by atoms with Crippen LogP contribution in [-0.4, -0.2) is 56.9 Å². The predicted octanol–water partition coefficient (Wildman–Crippen LogP) is -0.793. The van der Waals surface area contributed by atoms with Crippen molar-refractivity contribution in [3.8, 4) is 0 Å². The van der Waals surface area contributed by atoms with E-state index in [0.717, 1.165) is 19.5 Å². The first-order valence-electron chi connectivity index (χ1n) is 4.77. The Morgan fingerprint density at radius 3 is 2.79 bits per heavy atom. The third-order valence-corrected chi connectivity index (χ3v) is 2.65. The first-order chi connectivity index (χ1) is 6.72. The van der Waals surface area contributed by atoms with E-state index < -0.39 is 0 Å². The van der Waals surface area contributed by atoms with Gasteiger partial charge in [-0.2, -0.15) is 0 Å². The Labute approximate surface area is 84.1 Å². The van der Waals surface area contributed by atoms with Gasteiger partial charge in [0.05, 0.1) is 13.2 Å². The van der Waals surface area contributed by atoms with Gasteiger partial charge in [-0.25, -0.2) is 0 Å². The molecule has 2 atom stereocenters. The van der Waals surface area contributed by atoms with Crippen LogP contribution >= 0.6 is 0 Å². The maximum absolute atomic E-state index is 11.3. The molecule has 1 fully saturated rings. The highest BCUT2D eigenvalue weighted by Gasteiger charge is 2.31. The van der Waals surface area contributed by atoms with Crippen molar-refractivity contribution in [2.24, 2.45) is 5.73 Å². The summed E-state index contributed by atoms with van der Waals surface area (Å²) in [4.78, 5) is 13.4. The molecule has 0 aromatic heterocycles. The number of likely N-dealkylation sites (tertiary alicyclic amines) is 1. The van der Waals surface area contributed by atoms with Crippen LogP contribution in [0.25, 0.3) is 0 Å². The van der Waals surface area contributed by atoms with E-state index in [0.29, 0.717) is 6.54 Å². The largest absolute Gasteiger partial charge is 0.468 e. The number of nitrogens with zero attached hydrogens (tertiary/aromatic N) is 1. The van der Waals surface area contributed by atoms with Crippen LogP contribution in [0.1, 0.15) is 6.42 Å². The summed E-state index contributed by atoms with van der Waals surface area (Å²) in [7, 11) is 3.07. The van der Waals surface area contributed by atoms with Crippen molar-refractivity contribution in [1.82, 2.24) is 4.90 Å². The molecule has 0 bridgehead atoms.